The van der Waals surface area contributed by atoms with Gasteiger partial charge >= 0.3 is 0 Å². The van der Waals surface area contributed by atoms with E-state index in [1.54, 1.807) is 0 Å². The zero-order valence-electron chi connectivity index (χ0n) is 7.93. The van der Waals surface area contributed by atoms with Gasteiger partial charge in [0, 0.05) is 15.1 Å². The Morgan fingerprint density at radius 3 is 2.64 bits per heavy atom. The molecule has 0 spiro atoms. The molecule has 0 radical (unpaired) electrons. The standard InChI is InChI=1S/C11H13BrClS/c12-10-4-3-9(11(13)7-10)8-14-5-1-2-6-14/h3-4,7H,1-2,5-6,8H2/q+1. The smallest absolute Gasteiger partial charge is 0.0838 e. The molecule has 0 atom stereocenters. The largest absolute Gasteiger partial charge is 0.134 e. The average molecular weight is 293 g/mol. The molecule has 0 N–H and O–H groups in total. The Bertz CT molecular complexity index is 321. The van der Waals surface area contributed by atoms with Gasteiger partial charge in [0.1, 0.15) is 17.3 Å². The van der Waals surface area contributed by atoms with Gasteiger partial charge in [-0.05, 0) is 35.9 Å². The summed E-state index contributed by atoms with van der Waals surface area (Å²) in [6, 6.07) is 6.23. The number of hydrogen-bond acceptors (Lipinski definition) is 0. The van der Waals surface area contributed by atoms with E-state index in [4.69, 9.17) is 11.6 Å². The molecule has 1 aromatic rings. The van der Waals surface area contributed by atoms with Gasteiger partial charge in [-0.1, -0.05) is 33.6 Å². The highest BCUT2D eigenvalue weighted by atomic mass is 79.9. The predicted molar refractivity (Wildman–Crippen MR) is 69.2 cm³/mol. The van der Waals surface area contributed by atoms with Crippen LogP contribution in [0.15, 0.2) is 22.7 Å². The molecule has 0 aromatic heterocycles. The number of rotatable bonds is 2. The molecule has 0 aliphatic carbocycles. The quantitative estimate of drug-likeness (QED) is 0.722. The van der Waals surface area contributed by atoms with Crippen LogP contribution in [0.2, 0.25) is 5.02 Å². The van der Waals surface area contributed by atoms with Gasteiger partial charge in [-0.2, -0.15) is 0 Å². The van der Waals surface area contributed by atoms with Crippen LogP contribution >= 0.6 is 27.5 Å². The van der Waals surface area contributed by atoms with E-state index in [0.717, 1.165) is 9.50 Å². The fraction of sp³-hybridized carbons (Fsp3) is 0.455. The normalized spacial score (nSPS) is 17.6. The number of benzene rings is 1. The summed E-state index contributed by atoms with van der Waals surface area (Å²) in [5, 5.41) is 0.916. The summed E-state index contributed by atoms with van der Waals surface area (Å²) in [6.07, 6.45) is 2.83. The van der Waals surface area contributed by atoms with Gasteiger partial charge in [-0.15, -0.1) is 0 Å². The third-order valence-corrected chi connectivity index (χ3v) is 5.79. The maximum atomic E-state index is 6.18. The number of halogens is 2. The van der Waals surface area contributed by atoms with Gasteiger partial charge in [0.15, 0.2) is 0 Å². The summed E-state index contributed by atoms with van der Waals surface area (Å²) in [5.41, 5.74) is 1.32. The minimum absolute atomic E-state index is 0.605. The molecular formula is C11H13BrClS+. The molecule has 14 heavy (non-hydrogen) atoms. The third-order valence-electron chi connectivity index (χ3n) is 2.49. The molecule has 1 fully saturated rings. The predicted octanol–water partition coefficient (Wildman–Crippen LogP) is 4.01. The Labute approximate surface area is 102 Å². The minimum atomic E-state index is 0.605. The van der Waals surface area contributed by atoms with E-state index in [0.29, 0.717) is 10.9 Å². The second-order valence-electron chi connectivity index (χ2n) is 3.61. The maximum absolute atomic E-state index is 6.18. The third kappa shape index (κ3) is 2.68. The maximum Gasteiger partial charge on any atom is 0.134 e. The molecule has 2 rings (SSSR count). The first-order valence-electron chi connectivity index (χ1n) is 4.84. The lowest BCUT2D eigenvalue weighted by Crippen LogP contribution is -2.06. The van der Waals surface area contributed by atoms with Crippen LogP contribution in [0, 0.1) is 0 Å². The molecule has 1 heterocycles. The van der Waals surface area contributed by atoms with Gasteiger partial charge in [0.25, 0.3) is 0 Å². The fourth-order valence-electron chi connectivity index (χ4n) is 1.72. The Morgan fingerprint density at radius 1 is 1.29 bits per heavy atom. The first-order chi connectivity index (χ1) is 6.75. The van der Waals surface area contributed by atoms with Crippen molar-refractivity contribution in [2.24, 2.45) is 0 Å². The summed E-state index contributed by atoms with van der Waals surface area (Å²) in [4.78, 5) is 0. The van der Waals surface area contributed by atoms with Crippen molar-refractivity contribution in [3.63, 3.8) is 0 Å². The van der Waals surface area contributed by atoms with E-state index in [9.17, 15) is 0 Å². The van der Waals surface area contributed by atoms with Crippen molar-refractivity contribution < 1.29 is 0 Å². The zero-order valence-corrected chi connectivity index (χ0v) is 11.1. The summed E-state index contributed by atoms with van der Waals surface area (Å²) in [7, 11) is 0.605. The van der Waals surface area contributed by atoms with E-state index in [2.05, 4.69) is 28.1 Å². The molecular weight excluding hydrogens is 280 g/mol. The van der Waals surface area contributed by atoms with Crippen molar-refractivity contribution in [1.29, 1.82) is 0 Å². The molecule has 1 saturated heterocycles. The highest BCUT2D eigenvalue weighted by molar-refractivity contribution is 9.10. The molecule has 1 aromatic carbocycles. The second kappa shape index (κ2) is 4.91. The molecule has 76 valence electrons. The molecule has 1 aliphatic rings. The van der Waals surface area contributed by atoms with Crippen molar-refractivity contribution in [3.05, 3.63) is 33.3 Å². The molecule has 3 heteroatoms. The molecule has 0 amide bonds. The summed E-state index contributed by atoms with van der Waals surface area (Å²) in [5.74, 6) is 4.00. The van der Waals surface area contributed by atoms with Crippen LogP contribution in [-0.2, 0) is 16.6 Å². The molecule has 0 unspecified atom stereocenters. The van der Waals surface area contributed by atoms with Gasteiger partial charge in [-0.3, -0.25) is 0 Å². The first kappa shape index (κ1) is 10.8. The van der Waals surface area contributed by atoms with Crippen molar-refractivity contribution >= 4 is 38.4 Å². The average Bonchev–Trinajstić information content (AvgIpc) is 2.62. The fourth-order valence-corrected chi connectivity index (χ4v) is 4.95. The van der Waals surface area contributed by atoms with Crippen LogP contribution in [0.3, 0.4) is 0 Å². The first-order valence-corrected chi connectivity index (χ1v) is 7.74. The van der Waals surface area contributed by atoms with Crippen LogP contribution in [-0.4, -0.2) is 11.5 Å². The molecule has 0 bridgehead atoms. The highest BCUT2D eigenvalue weighted by Gasteiger charge is 2.24. The van der Waals surface area contributed by atoms with Crippen LogP contribution < -0.4 is 0 Å². The van der Waals surface area contributed by atoms with Gasteiger partial charge in [-0.25, -0.2) is 0 Å². The van der Waals surface area contributed by atoms with Gasteiger partial charge in [0.05, 0.1) is 0 Å². The molecule has 0 nitrogen and oxygen atoms in total. The summed E-state index contributed by atoms with van der Waals surface area (Å²) >= 11 is 9.61. The Balaban J connectivity index is 2.08. The van der Waals surface area contributed by atoms with E-state index in [1.165, 1.54) is 35.7 Å². The second-order valence-corrected chi connectivity index (χ2v) is 7.26. The Kier molecular flexibility index (Phi) is 3.80. The van der Waals surface area contributed by atoms with Crippen molar-refractivity contribution in [2.45, 2.75) is 18.6 Å². The number of hydrogen-bond donors (Lipinski definition) is 0. The highest BCUT2D eigenvalue weighted by Crippen LogP contribution is 2.26. The molecule has 0 saturated carbocycles. The van der Waals surface area contributed by atoms with E-state index in [1.807, 2.05) is 6.07 Å². The van der Waals surface area contributed by atoms with Crippen molar-refractivity contribution in [1.82, 2.24) is 0 Å². The van der Waals surface area contributed by atoms with E-state index >= 15 is 0 Å². The topological polar surface area (TPSA) is 0 Å². The van der Waals surface area contributed by atoms with Gasteiger partial charge in [0.2, 0.25) is 0 Å². The lowest BCUT2D eigenvalue weighted by Gasteiger charge is -2.04. The van der Waals surface area contributed by atoms with Gasteiger partial charge < -0.3 is 0 Å². The molecule has 1 aliphatic heterocycles. The van der Waals surface area contributed by atoms with Crippen LogP contribution in [0.4, 0.5) is 0 Å². The zero-order chi connectivity index (χ0) is 9.97. The monoisotopic (exact) mass is 291 g/mol. The van der Waals surface area contributed by atoms with E-state index in [-0.39, 0.29) is 0 Å². The Morgan fingerprint density at radius 2 is 2.00 bits per heavy atom. The SMILES string of the molecule is Clc1cc(Br)ccc1C[S+]1CCCC1. The lowest BCUT2D eigenvalue weighted by molar-refractivity contribution is 0.949. The van der Waals surface area contributed by atoms with Crippen molar-refractivity contribution in [2.75, 3.05) is 11.5 Å². The minimum Gasteiger partial charge on any atom is -0.0838 e. The van der Waals surface area contributed by atoms with E-state index < -0.39 is 0 Å². The van der Waals surface area contributed by atoms with Crippen molar-refractivity contribution in [3.8, 4) is 0 Å². The summed E-state index contributed by atoms with van der Waals surface area (Å²) in [6.45, 7) is 0. The summed E-state index contributed by atoms with van der Waals surface area (Å²) < 4.78 is 1.07. The van der Waals surface area contributed by atoms with Crippen LogP contribution in [0.1, 0.15) is 18.4 Å². The van der Waals surface area contributed by atoms with Crippen LogP contribution in [0.25, 0.3) is 0 Å². The van der Waals surface area contributed by atoms with Crippen LogP contribution in [0.5, 0.6) is 0 Å². The lowest BCUT2D eigenvalue weighted by atomic mass is 10.2. The Hall–Kier alpha value is 0.340.